The lowest BCUT2D eigenvalue weighted by atomic mass is 9.74. The van der Waals surface area contributed by atoms with Crippen molar-refractivity contribution in [2.24, 2.45) is 7.05 Å². The molecule has 1 aromatic heterocycles. The second-order valence-corrected chi connectivity index (χ2v) is 8.43. The Morgan fingerprint density at radius 2 is 1.52 bits per heavy atom. The summed E-state index contributed by atoms with van der Waals surface area (Å²) in [6.45, 7) is 1.78. The fourth-order valence-electron chi connectivity index (χ4n) is 5.03. The number of Topliss-reactive ketones (excluding diaryl/α,β-unsaturated/α-hetero) is 1. The predicted molar refractivity (Wildman–Crippen MR) is 120 cm³/mol. The third-order valence-electron chi connectivity index (χ3n) is 6.53. The second-order valence-electron chi connectivity index (χ2n) is 8.43. The summed E-state index contributed by atoms with van der Waals surface area (Å²) < 4.78 is 1.89. The van der Waals surface area contributed by atoms with Gasteiger partial charge in [0.1, 0.15) is 0 Å². The van der Waals surface area contributed by atoms with Gasteiger partial charge in [-0.1, -0.05) is 60.7 Å². The molecule has 1 unspecified atom stereocenters. The molecule has 5 heteroatoms. The van der Waals surface area contributed by atoms with Gasteiger partial charge in [0, 0.05) is 42.7 Å². The van der Waals surface area contributed by atoms with Crippen LogP contribution in [0.25, 0.3) is 21.7 Å². The molecule has 0 bridgehead atoms. The number of carbonyl (C=O) groups excluding carboxylic acids is 3. The number of benzene rings is 3. The Balaban J connectivity index is 1.70. The van der Waals surface area contributed by atoms with E-state index in [9.17, 15) is 14.4 Å². The van der Waals surface area contributed by atoms with Crippen LogP contribution < -0.4 is 0 Å². The van der Waals surface area contributed by atoms with Crippen molar-refractivity contribution in [3.8, 4) is 0 Å². The smallest absolute Gasteiger partial charge is 0.262 e. The molecule has 1 atom stereocenters. The summed E-state index contributed by atoms with van der Waals surface area (Å²) in [5, 5.41) is 2.64. The van der Waals surface area contributed by atoms with Gasteiger partial charge in [-0.3, -0.25) is 19.3 Å². The Morgan fingerprint density at radius 1 is 0.871 bits per heavy atom. The average Bonchev–Trinajstić information content (AvgIpc) is 3.09. The minimum atomic E-state index is -1.15. The predicted octanol–water partition coefficient (Wildman–Crippen LogP) is 4.47. The Kier molecular flexibility index (Phi) is 4.12. The van der Waals surface area contributed by atoms with E-state index in [4.69, 9.17) is 0 Å². The molecule has 0 radical (unpaired) electrons. The van der Waals surface area contributed by atoms with Gasteiger partial charge in [0.25, 0.3) is 5.91 Å². The molecular formula is C26H22N2O3. The highest BCUT2D eigenvalue weighted by Gasteiger charge is 2.50. The first-order valence-electron chi connectivity index (χ1n) is 10.3. The molecule has 5 nitrogen and oxygen atoms in total. The van der Waals surface area contributed by atoms with E-state index in [-0.39, 0.29) is 24.0 Å². The van der Waals surface area contributed by atoms with Crippen molar-refractivity contribution in [2.75, 3.05) is 7.05 Å². The standard InChI is InChI=1S/C26H22N2O3/c1-26(15-21(29)18-13-8-10-16-9-4-5-11-17(16)18)23-22(24(30)28(3)25(26)31)19-12-6-7-14-20(19)27(23)2/h4-14H,15H2,1-3H3. The van der Waals surface area contributed by atoms with Gasteiger partial charge in [-0.05, 0) is 23.8 Å². The number of nitrogens with zero attached hydrogens (tertiary/aromatic N) is 2. The molecule has 4 aromatic rings. The van der Waals surface area contributed by atoms with Gasteiger partial charge in [-0.15, -0.1) is 0 Å². The lowest BCUT2D eigenvalue weighted by molar-refractivity contribution is -0.133. The lowest BCUT2D eigenvalue weighted by Crippen LogP contribution is -2.52. The summed E-state index contributed by atoms with van der Waals surface area (Å²) >= 11 is 0. The SMILES string of the molecule is CN1C(=O)c2c(n(C)c3ccccc23)C(C)(CC(=O)c2cccc3ccccc23)C1=O. The van der Waals surface area contributed by atoms with Crippen LogP contribution in [0, 0.1) is 0 Å². The van der Waals surface area contributed by atoms with Crippen molar-refractivity contribution < 1.29 is 14.4 Å². The van der Waals surface area contributed by atoms with Crippen LogP contribution in [-0.2, 0) is 17.3 Å². The number of hydrogen-bond acceptors (Lipinski definition) is 3. The third-order valence-corrected chi connectivity index (χ3v) is 6.53. The van der Waals surface area contributed by atoms with Crippen molar-refractivity contribution in [1.29, 1.82) is 0 Å². The van der Waals surface area contributed by atoms with E-state index in [0.717, 1.165) is 26.6 Å². The van der Waals surface area contributed by atoms with Crippen LogP contribution in [0.3, 0.4) is 0 Å². The van der Waals surface area contributed by atoms with E-state index >= 15 is 0 Å². The van der Waals surface area contributed by atoms with E-state index < -0.39 is 5.41 Å². The molecule has 0 saturated carbocycles. The fourth-order valence-corrected chi connectivity index (χ4v) is 5.03. The first-order chi connectivity index (χ1) is 14.8. The molecule has 1 aliphatic heterocycles. The van der Waals surface area contributed by atoms with Crippen LogP contribution in [0.15, 0.2) is 66.7 Å². The second kappa shape index (κ2) is 6.64. The summed E-state index contributed by atoms with van der Waals surface area (Å²) in [6.07, 6.45) is -0.0192. The van der Waals surface area contributed by atoms with Crippen molar-refractivity contribution in [2.45, 2.75) is 18.8 Å². The van der Waals surface area contributed by atoms with Crippen molar-refractivity contribution in [3.05, 3.63) is 83.6 Å². The van der Waals surface area contributed by atoms with Crippen LogP contribution >= 0.6 is 0 Å². The Labute approximate surface area is 179 Å². The highest BCUT2D eigenvalue weighted by molar-refractivity contribution is 6.20. The van der Waals surface area contributed by atoms with Crippen molar-refractivity contribution in [1.82, 2.24) is 9.47 Å². The maximum Gasteiger partial charge on any atom is 0.262 e. The van der Waals surface area contributed by atoms with Gasteiger partial charge in [0.15, 0.2) is 5.78 Å². The zero-order valence-electron chi connectivity index (χ0n) is 17.7. The van der Waals surface area contributed by atoms with Gasteiger partial charge >= 0.3 is 0 Å². The molecule has 2 amide bonds. The number of rotatable bonds is 3. The number of aromatic nitrogens is 1. The minimum absolute atomic E-state index is 0.0192. The molecule has 0 spiro atoms. The van der Waals surface area contributed by atoms with Crippen LogP contribution in [0.1, 0.15) is 39.8 Å². The molecule has 1 aliphatic rings. The molecule has 0 aliphatic carbocycles. The number of hydrogen-bond donors (Lipinski definition) is 0. The molecule has 0 N–H and O–H groups in total. The van der Waals surface area contributed by atoms with E-state index in [2.05, 4.69) is 0 Å². The summed E-state index contributed by atoms with van der Waals surface area (Å²) in [5.74, 6) is -0.803. The van der Waals surface area contributed by atoms with Crippen LogP contribution in [0.2, 0.25) is 0 Å². The first-order valence-corrected chi connectivity index (χ1v) is 10.3. The molecule has 2 heterocycles. The number of para-hydroxylation sites is 1. The molecule has 31 heavy (non-hydrogen) atoms. The third kappa shape index (κ3) is 2.59. The molecule has 3 aromatic carbocycles. The average molecular weight is 410 g/mol. The van der Waals surface area contributed by atoms with Gasteiger partial charge in [-0.2, -0.15) is 0 Å². The number of imide groups is 1. The molecule has 0 fully saturated rings. The Bertz CT molecular complexity index is 1410. The number of aryl methyl sites for hydroxylation is 1. The van der Waals surface area contributed by atoms with E-state index in [1.165, 1.54) is 7.05 Å². The Hall–Kier alpha value is -3.73. The zero-order chi connectivity index (χ0) is 21.9. The minimum Gasteiger partial charge on any atom is -0.346 e. The van der Waals surface area contributed by atoms with Crippen LogP contribution in [0.4, 0.5) is 0 Å². The lowest BCUT2D eigenvalue weighted by Gasteiger charge is -2.37. The van der Waals surface area contributed by atoms with Crippen LogP contribution in [0.5, 0.6) is 0 Å². The molecule has 154 valence electrons. The van der Waals surface area contributed by atoms with Crippen molar-refractivity contribution >= 4 is 39.3 Å². The Morgan fingerprint density at radius 3 is 2.29 bits per heavy atom. The van der Waals surface area contributed by atoms with Gasteiger partial charge < -0.3 is 4.57 Å². The normalized spacial score (nSPS) is 18.6. The largest absolute Gasteiger partial charge is 0.346 e. The number of amides is 2. The van der Waals surface area contributed by atoms with E-state index in [1.54, 1.807) is 13.0 Å². The highest BCUT2D eigenvalue weighted by atomic mass is 16.2. The summed E-state index contributed by atoms with van der Waals surface area (Å²) in [6, 6.07) is 21.0. The molecule has 0 saturated heterocycles. The number of ketones is 1. The quantitative estimate of drug-likeness (QED) is 0.370. The summed E-state index contributed by atoms with van der Waals surface area (Å²) in [4.78, 5) is 41.2. The highest BCUT2D eigenvalue weighted by Crippen LogP contribution is 2.42. The molecule has 5 rings (SSSR count). The monoisotopic (exact) mass is 410 g/mol. The van der Waals surface area contributed by atoms with E-state index in [0.29, 0.717) is 16.8 Å². The summed E-state index contributed by atoms with van der Waals surface area (Å²) in [7, 11) is 3.35. The van der Waals surface area contributed by atoms with E-state index in [1.807, 2.05) is 72.3 Å². The maximum absolute atomic E-state index is 13.5. The topological polar surface area (TPSA) is 59.4 Å². The fraction of sp³-hybridized carbons (Fsp3) is 0.192. The molecular weight excluding hydrogens is 388 g/mol. The number of carbonyl (C=O) groups is 3. The number of likely N-dealkylation sites (N-methyl/N-ethyl adjacent to an activating group) is 1. The van der Waals surface area contributed by atoms with Crippen LogP contribution in [-0.4, -0.2) is 34.1 Å². The van der Waals surface area contributed by atoms with Gasteiger partial charge in [0.05, 0.1) is 11.0 Å². The van der Waals surface area contributed by atoms with Gasteiger partial charge in [0.2, 0.25) is 5.91 Å². The number of fused-ring (bicyclic) bond motifs is 4. The maximum atomic E-state index is 13.5. The van der Waals surface area contributed by atoms with Crippen molar-refractivity contribution in [3.63, 3.8) is 0 Å². The van der Waals surface area contributed by atoms with Gasteiger partial charge in [-0.25, -0.2) is 0 Å². The summed E-state index contributed by atoms with van der Waals surface area (Å²) in [5.41, 5.74) is 1.42. The zero-order valence-corrected chi connectivity index (χ0v) is 17.7. The first kappa shape index (κ1) is 19.2.